The van der Waals surface area contributed by atoms with Gasteiger partial charge in [-0.15, -0.1) is 0 Å². The van der Waals surface area contributed by atoms with Crippen molar-refractivity contribution < 1.29 is 31.1 Å². The summed E-state index contributed by atoms with van der Waals surface area (Å²) in [5.74, 6) is -0.411. The highest BCUT2D eigenvalue weighted by atomic mass is 32.2. The number of nitrogens with one attached hydrogen (secondary N) is 1. The molecule has 0 atom stereocenters. The summed E-state index contributed by atoms with van der Waals surface area (Å²) >= 11 is 0. The van der Waals surface area contributed by atoms with E-state index in [1.165, 1.54) is 56.4 Å². The van der Waals surface area contributed by atoms with Crippen LogP contribution in [-0.2, 0) is 22.7 Å². The summed E-state index contributed by atoms with van der Waals surface area (Å²) in [5.41, 5.74) is -0.174. The summed E-state index contributed by atoms with van der Waals surface area (Å²) in [5, 5.41) is 0. The number of nitrogens with zero attached hydrogens (tertiary/aromatic N) is 1. The van der Waals surface area contributed by atoms with E-state index in [1.807, 2.05) is 0 Å². The maximum Gasteiger partial charge on any atom is 0.416 e. The summed E-state index contributed by atoms with van der Waals surface area (Å²) in [4.78, 5) is 13.7. The van der Waals surface area contributed by atoms with Crippen LogP contribution in [0.2, 0.25) is 0 Å². The molecule has 0 aromatic heterocycles. The zero-order valence-corrected chi connectivity index (χ0v) is 16.2. The average molecular weight is 416 g/mol. The summed E-state index contributed by atoms with van der Waals surface area (Å²) < 4.78 is 69.3. The van der Waals surface area contributed by atoms with E-state index in [4.69, 9.17) is 4.74 Å². The van der Waals surface area contributed by atoms with Gasteiger partial charge in [0, 0.05) is 19.2 Å². The molecule has 2 aromatic carbocycles. The van der Waals surface area contributed by atoms with Crippen molar-refractivity contribution in [2.45, 2.75) is 17.6 Å². The second-order valence-corrected chi connectivity index (χ2v) is 7.78. The molecule has 0 aliphatic carbocycles. The van der Waals surface area contributed by atoms with Crippen LogP contribution in [0.5, 0.6) is 5.75 Å². The number of halogens is 3. The summed E-state index contributed by atoms with van der Waals surface area (Å²) in [7, 11) is 0.160. The molecule has 0 bridgehead atoms. The predicted octanol–water partition coefficient (Wildman–Crippen LogP) is 2.89. The molecule has 0 saturated heterocycles. The highest BCUT2D eigenvalue weighted by molar-refractivity contribution is 7.89. The lowest BCUT2D eigenvalue weighted by Crippen LogP contribution is -2.27. The fourth-order valence-corrected chi connectivity index (χ4v) is 3.41. The van der Waals surface area contributed by atoms with E-state index in [0.717, 1.165) is 12.1 Å². The van der Waals surface area contributed by atoms with Crippen LogP contribution in [0, 0.1) is 0 Å². The number of alkyl halides is 3. The number of ether oxygens (including phenoxy) is 1. The SMILES string of the molecule is CNS(=O)(=O)c1cc(C(=O)N(C)Cc2ccc(C(F)(F)F)cc2)ccc1OC. The van der Waals surface area contributed by atoms with Crippen LogP contribution in [0.1, 0.15) is 21.5 Å². The average Bonchev–Trinajstić information content (AvgIpc) is 2.66. The van der Waals surface area contributed by atoms with E-state index in [1.54, 1.807) is 0 Å². The molecule has 0 radical (unpaired) electrons. The number of sulfonamides is 1. The Morgan fingerprint density at radius 1 is 1.14 bits per heavy atom. The van der Waals surface area contributed by atoms with E-state index in [-0.39, 0.29) is 22.8 Å². The first kappa shape index (κ1) is 21.7. The number of methoxy groups -OCH3 is 1. The van der Waals surface area contributed by atoms with E-state index >= 15 is 0 Å². The van der Waals surface area contributed by atoms with Crippen LogP contribution in [0.25, 0.3) is 0 Å². The molecule has 1 amide bonds. The highest BCUT2D eigenvalue weighted by Gasteiger charge is 2.30. The minimum Gasteiger partial charge on any atom is -0.495 e. The van der Waals surface area contributed by atoms with Crippen LogP contribution in [0.4, 0.5) is 13.2 Å². The molecule has 28 heavy (non-hydrogen) atoms. The standard InChI is InChI=1S/C18H19F3N2O4S/c1-22-28(25,26)16-10-13(6-9-15(16)27-3)17(24)23(2)11-12-4-7-14(8-5-12)18(19,20)21/h4-10,22H,11H2,1-3H3. The van der Waals surface area contributed by atoms with Crippen LogP contribution in [-0.4, -0.2) is 40.4 Å². The number of hydrogen-bond donors (Lipinski definition) is 1. The Kier molecular flexibility index (Phi) is 6.35. The number of amides is 1. The predicted molar refractivity (Wildman–Crippen MR) is 96.5 cm³/mol. The molecule has 0 fully saturated rings. The molecular weight excluding hydrogens is 397 g/mol. The molecule has 0 spiro atoms. The third-order valence-corrected chi connectivity index (χ3v) is 5.45. The van der Waals surface area contributed by atoms with Crippen molar-refractivity contribution in [2.75, 3.05) is 21.2 Å². The molecular formula is C18H19F3N2O4S. The van der Waals surface area contributed by atoms with Crippen LogP contribution in [0.3, 0.4) is 0 Å². The van der Waals surface area contributed by atoms with Gasteiger partial charge in [0.25, 0.3) is 5.91 Å². The first-order valence-corrected chi connectivity index (χ1v) is 9.51. The van der Waals surface area contributed by atoms with Crippen LogP contribution < -0.4 is 9.46 Å². The Balaban J connectivity index is 2.25. The van der Waals surface area contributed by atoms with Gasteiger partial charge in [0.15, 0.2) is 0 Å². The first-order valence-electron chi connectivity index (χ1n) is 8.03. The van der Waals surface area contributed by atoms with Gasteiger partial charge >= 0.3 is 6.18 Å². The van der Waals surface area contributed by atoms with E-state index in [0.29, 0.717) is 5.56 Å². The Morgan fingerprint density at radius 2 is 1.75 bits per heavy atom. The van der Waals surface area contributed by atoms with Gasteiger partial charge in [0.2, 0.25) is 10.0 Å². The van der Waals surface area contributed by atoms with Crippen molar-refractivity contribution in [2.24, 2.45) is 0 Å². The van der Waals surface area contributed by atoms with Gasteiger partial charge in [-0.1, -0.05) is 12.1 Å². The summed E-state index contributed by atoms with van der Waals surface area (Å²) in [6, 6.07) is 8.44. The fourth-order valence-electron chi connectivity index (χ4n) is 2.49. The Bertz CT molecular complexity index is 958. The molecule has 0 unspecified atom stereocenters. The van der Waals surface area contributed by atoms with Crippen LogP contribution >= 0.6 is 0 Å². The van der Waals surface area contributed by atoms with Gasteiger partial charge in [-0.25, -0.2) is 13.1 Å². The van der Waals surface area contributed by atoms with Crippen molar-refractivity contribution in [3.05, 3.63) is 59.2 Å². The van der Waals surface area contributed by atoms with Gasteiger partial charge in [0.05, 0.1) is 12.7 Å². The van der Waals surface area contributed by atoms with Gasteiger partial charge < -0.3 is 9.64 Å². The smallest absolute Gasteiger partial charge is 0.416 e. The van der Waals surface area contributed by atoms with Crippen molar-refractivity contribution >= 4 is 15.9 Å². The number of hydrogen-bond acceptors (Lipinski definition) is 4. The van der Waals surface area contributed by atoms with Crippen molar-refractivity contribution in [3.8, 4) is 5.75 Å². The van der Waals surface area contributed by atoms with Gasteiger partial charge in [-0.05, 0) is 42.9 Å². The number of carbonyl (C=O) groups excluding carboxylic acids is 1. The topological polar surface area (TPSA) is 75.7 Å². The minimum absolute atomic E-state index is 0.0527. The summed E-state index contributed by atoms with van der Waals surface area (Å²) in [6.45, 7) is 0.0527. The first-order chi connectivity index (χ1) is 13.0. The van der Waals surface area contributed by atoms with Crippen molar-refractivity contribution in [1.29, 1.82) is 0 Å². The fraction of sp³-hybridized carbons (Fsp3) is 0.278. The molecule has 0 aliphatic rings. The third-order valence-electron chi connectivity index (χ3n) is 4.02. The number of rotatable bonds is 6. The Labute approximate surface area is 161 Å². The molecule has 2 aromatic rings. The van der Waals surface area contributed by atoms with E-state index in [2.05, 4.69) is 4.72 Å². The lowest BCUT2D eigenvalue weighted by Gasteiger charge is -2.19. The molecule has 6 nitrogen and oxygen atoms in total. The van der Waals surface area contributed by atoms with Gasteiger partial charge in [-0.3, -0.25) is 4.79 Å². The number of benzene rings is 2. The molecule has 2 rings (SSSR count). The van der Waals surface area contributed by atoms with E-state index in [9.17, 15) is 26.4 Å². The molecule has 0 aliphatic heterocycles. The second kappa shape index (κ2) is 8.19. The zero-order valence-electron chi connectivity index (χ0n) is 15.4. The number of carbonyl (C=O) groups is 1. The second-order valence-electron chi connectivity index (χ2n) is 5.93. The maximum absolute atomic E-state index is 12.6. The van der Waals surface area contributed by atoms with Gasteiger partial charge in [-0.2, -0.15) is 13.2 Å². The summed E-state index contributed by atoms with van der Waals surface area (Å²) in [6.07, 6.45) is -4.43. The lowest BCUT2D eigenvalue weighted by molar-refractivity contribution is -0.137. The van der Waals surface area contributed by atoms with E-state index < -0.39 is 27.7 Å². The maximum atomic E-state index is 12.6. The third kappa shape index (κ3) is 4.82. The highest BCUT2D eigenvalue weighted by Crippen LogP contribution is 2.29. The molecule has 10 heteroatoms. The molecule has 0 saturated carbocycles. The quantitative estimate of drug-likeness (QED) is 0.786. The van der Waals surface area contributed by atoms with Crippen LogP contribution in [0.15, 0.2) is 47.4 Å². The monoisotopic (exact) mass is 416 g/mol. The molecule has 1 N–H and O–H groups in total. The normalized spacial score (nSPS) is 11.9. The largest absolute Gasteiger partial charge is 0.495 e. The van der Waals surface area contributed by atoms with Crippen molar-refractivity contribution in [3.63, 3.8) is 0 Å². The van der Waals surface area contributed by atoms with Gasteiger partial charge in [0.1, 0.15) is 10.6 Å². The van der Waals surface area contributed by atoms with Crippen molar-refractivity contribution in [1.82, 2.24) is 9.62 Å². The zero-order chi connectivity index (χ0) is 21.1. The Morgan fingerprint density at radius 3 is 2.25 bits per heavy atom. The molecule has 0 heterocycles. The minimum atomic E-state index is -4.43. The molecule has 152 valence electrons. The lowest BCUT2D eigenvalue weighted by atomic mass is 10.1. The Hall–Kier alpha value is -2.59.